The molecule has 1 aromatic carbocycles. The molecule has 0 heterocycles. The van der Waals surface area contributed by atoms with Crippen molar-refractivity contribution >= 4 is 27.6 Å². The van der Waals surface area contributed by atoms with Crippen LogP contribution in [0.2, 0.25) is 0 Å². The van der Waals surface area contributed by atoms with Gasteiger partial charge in [0.25, 0.3) is 0 Å². The lowest BCUT2D eigenvalue weighted by atomic mass is 10.3. The van der Waals surface area contributed by atoms with E-state index in [2.05, 4.69) is 21.2 Å². The molecular formula is C9H9BrF3NO2. The molecule has 0 aromatic heterocycles. The van der Waals surface area contributed by atoms with Gasteiger partial charge in [0.15, 0.2) is 0 Å². The summed E-state index contributed by atoms with van der Waals surface area (Å²) in [6.45, 7) is 0. The molecule has 0 spiro atoms. The summed E-state index contributed by atoms with van der Waals surface area (Å²) in [5.74, 6) is -2.76. The zero-order valence-corrected chi connectivity index (χ0v) is 9.76. The van der Waals surface area contributed by atoms with E-state index in [-0.39, 0.29) is 0 Å². The second-order valence-corrected chi connectivity index (χ2v) is 3.48. The molecule has 0 atom stereocenters. The molecular weight excluding hydrogens is 291 g/mol. The van der Waals surface area contributed by atoms with E-state index in [4.69, 9.17) is 9.90 Å². The van der Waals surface area contributed by atoms with Gasteiger partial charge < -0.3 is 10.4 Å². The molecule has 0 aliphatic rings. The third-order valence-corrected chi connectivity index (χ3v) is 1.90. The Labute approximate surface area is 98.4 Å². The van der Waals surface area contributed by atoms with Gasteiger partial charge in [0, 0.05) is 17.2 Å². The first-order valence-electron chi connectivity index (χ1n) is 4.01. The van der Waals surface area contributed by atoms with Gasteiger partial charge in [-0.2, -0.15) is 13.2 Å². The second-order valence-electron chi connectivity index (χ2n) is 2.56. The number of rotatable bonds is 1. The topological polar surface area (TPSA) is 49.3 Å². The minimum Gasteiger partial charge on any atom is -0.475 e. The molecule has 16 heavy (non-hydrogen) atoms. The summed E-state index contributed by atoms with van der Waals surface area (Å²) in [7, 11) is 1.91. The average molecular weight is 300 g/mol. The van der Waals surface area contributed by atoms with Crippen LogP contribution in [0.15, 0.2) is 28.7 Å². The molecule has 7 heteroatoms. The number of carboxylic acid groups (broad SMARTS) is 1. The van der Waals surface area contributed by atoms with Crippen molar-refractivity contribution in [2.45, 2.75) is 6.18 Å². The fourth-order valence-corrected chi connectivity index (χ4v) is 0.881. The molecule has 3 nitrogen and oxygen atoms in total. The predicted octanol–water partition coefficient (Wildman–Crippen LogP) is 3.12. The number of carbonyl (C=O) groups is 1. The van der Waals surface area contributed by atoms with E-state index in [0.29, 0.717) is 0 Å². The van der Waals surface area contributed by atoms with Gasteiger partial charge in [-0.15, -0.1) is 0 Å². The average Bonchev–Trinajstić information content (AvgIpc) is 2.18. The molecule has 0 fully saturated rings. The van der Waals surface area contributed by atoms with Crippen molar-refractivity contribution in [1.82, 2.24) is 0 Å². The fraction of sp³-hybridized carbons (Fsp3) is 0.222. The lowest BCUT2D eigenvalue weighted by Gasteiger charge is -1.96. The van der Waals surface area contributed by atoms with Crippen LogP contribution in [0.5, 0.6) is 0 Å². The van der Waals surface area contributed by atoms with E-state index in [1.54, 1.807) is 0 Å². The Bertz CT molecular complexity index is 338. The molecule has 0 bridgehead atoms. The van der Waals surface area contributed by atoms with Crippen LogP contribution in [0.1, 0.15) is 0 Å². The first-order valence-corrected chi connectivity index (χ1v) is 4.80. The molecule has 0 radical (unpaired) electrons. The number of benzene rings is 1. The predicted molar refractivity (Wildman–Crippen MR) is 57.4 cm³/mol. The molecule has 2 N–H and O–H groups in total. The Kier molecular flexibility index (Phi) is 5.87. The molecule has 0 saturated carbocycles. The molecule has 90 valence electrons. The van der Waals surface area contributed by atoms with Crippen LogP contribution in [0.4, 0.5) is 18.9 Å². The number of hydrogen-bond acceptors (Lipinski definition) is 2. The summed E-state index contributed by atoms with van der Waals surface area (Å²) in [4.78, 5) is 8.90. The Morgan fingerprint density at radius 3 is 1.94 bits per heavy atom. The maximum Gasteiger partial charge on any atom is 0.490 e. The van der Waals surface area contributed by atoms with Gasteiger partial charge in [-0.25, -0.2) is 4.79 Å². The van der Waals surface area contributed by atoms with E-state index in [1.807, 2.05) is 31.3 Å². The monoisotopic (exact) mass is 299 g/mol. The van der Waals surface area contributed by atoms with Gasteiger partial charge >= 0.3 is 12.1 Å². The molecule has 0 amide bonds. The first kappa shape index (κ1) is 14.8. The van der Waals surface area contributed by atoms with Gasteiger partial charge in [0.05, 0.1) is 0 Å². The van der Waals surface area contributed by atoms with Crippen LogP contribution >= 0.6 is 15.9 Å². The number of aliphatic carboxylic acids is 1. The largest absolute Gasteiger partial charge is 0.490 e. The highest BCUT2D eigenvalue weighted by molar-refractivity contribution is 9.10. The van der Waals surface area contributed by atoms with Gasteiger partial charge in [0.2, 0.25) is 0 Å². The summed E-state index contributed by atoms with van der Waals surface area (Å²) in [6.07, 6.45) is -5.08. The number of alkyl halides is 3. The number of nitrogens with one attached hydrogen (secondary N) is 1. The lowest BCUT2D eigenvalue weighted by Crippen LogP contribution is -2.21. The smallest absolute Gasteiger partial charge is 0.475 e. The molecule has 0 aliphatic carbocycles. The van der Waals surface area contributed by atoms with E-state index in [1.165, 1.54) is 0 Å². The summed E-state index contributed by atoms with van der Waals surface area (Å²) in [5, 5.41) is 10.2. The third kappa shape index (κ3) is 6.28. The van der Waals surface area contributed by atoms with Gasteiger partial charge in [-0.3, -0.25) is 0 Å². The van der Waals surface area contributed by atoms with Crippen molar-refractivity contribution in [3.05, 3.63) is 28.7 Å². The summed E-state index contributed by atoms with van der Waals surface area (Å²) in [6, 6.07) is 8.05. The Morgan fingerprint density at radius 2 is 1.69 bits per heavy atom. The van der Waals surface area contributed by atoms with Crippen LogP contribution in [0, 0.1) is 0 Å². The van der Waals surface area contributed by atoms with Crippen molar-refractivity contribution in [2.24, 2.45) is 0 Å². The van der Waals surface area contributed by atoms with Crippen molar-refractivity contribution in [3.63, 3.8) is 0 Å². The Morgan fingerprint density at radius 1 is 1.31 bits per heavy atom. The molecule has 0 aliphatic heterocycles. The minimum atomic E-state index is -5.08. The molecule has 0 saturated heterocycles. The van der Waals surface area contributed by atoms with Gasteiger partial charge in [-0.1, -0.05) is 15.9 Å². The highest BCUT2D eigenvalue weighted by atomic mass is 79.9. The van der Waals surface area contributed by atoms with E-state index >= 15 is 0 Å². The Hall–Kier alpha value is -1.24. The minimum absolute atomic E-state index is 1.11. The fourth-order valence-electron chi connectivity index (χ4n) is 0.617. The quantitative estimate of drug-likeness (QED) is 0.838. The summed E-state index contributed by atoms with van der Waals surface area (Å²) in [5.41, 5.74) is 1.14. The number of carboxylic acids is 1. The summed E-state index contributed by atoms with van der Waals surface area (Å²) < 4.78 is 32.8. The van der Waals surface area contributed by atoms with E-state index < -0.39 is 12.1 Å². The van der Waals surface area contributed by atoms with E-state index in [9.17, 15) is 13.2 Å². The highest BCUT2D eigenvalue weighted by Crippen LogP contribution is 2.13. The SMILES string of the molecule is CNc1ccc(Br)cc1.O=C(O)C(F)(F)F. The van der Waals surface area contributed by atoms with Gasteiger partial charge in [0.1, 0.15) is 0 Å². The molecule has 1 rings (SSSR count). The van der Waals surface area contributed by atoms with Crippen molar-refractivity contribution in [2.75, 3.05) is 12.4 Å². The number of anilines is 1. The number of halogens is 4. The first-order chi connectivity index (χ1) is 7.27. The maximum absolute atomic E-state index is 10.6. The third-order valence-electron chi connectivity index (χ3n) is 1.38. The second kappa shape index (κ2) is 6.37. The van der Waals surface area contributed by atoms with Crippen LogP contribution in [-0.2, 0) is 4.79 Å². The van der Waals surface area contributed by atoms with Gasteiger partial charge in [-0.05, 0) is 24.3 Å². The van der Waals surface area contributed by atoms with Crippen LogP contribution < -0.4 is 5.32 Å². The zero-order chi connectivity index (χ0) is 12.8. The number of hydrogen-bond donors (Lipinski definition) is 2. The molecule has 1 aromatic rings. The van der Waals surface area contributed by atoms with Crippen molar-refractivity contribution < 1.29 is 23.1 Å². The van der Waals surface area contributed by atoms with Crippen molar-refractivity contribution in [3.8, 4) is 0 Å². The van der Waals surface area contributed by atoms with Crippen molar-refractivity contribution in [1.29, 1.82) is 0 Å². The van der Waals surface area contributed by atoms with Crippen LogP contribution in [0.3, 0.4) is 0 Å². The van der Waals surface area contributed by atoms with E-state index in [0.717, 1.165) is 10.2 Å². The van der Waals surface area contributed by atoms with Crippen LogP contribution in [0.25, 0.3) is 0 Å². The summed E-state index contributed by atoms with van der Waals surface area (Å²) >= 11 is 3.35. The lowest BCUT2D eigenvalue weighted by molar-refractivity contribution is -0.192. The molecule has 0 unspecified atom stereocenters. The maximum atomic E-state index is 10.6. The highest BCUT2D eigenvalue weighted by Gasteiger charge is 2.38. The normalized spacial score (nSPS) is 10.1. The zero-order valence-electron chi connectivity index (χ0n) is 8.18. The Balaban J connectivity index is 0.000000293. The van der Waals surface area contributed by atoms with Crippen LogP contribution in [-0.4, -0.2) is 24.3 Å². The standard InChI is InChI=1S/C7H8BrN.C2HF3O2/c1-9-7-4-2-6(8)3-5-7;3-2(4,5)1(6)7/h2-5,9H,1H3;(H,6,7).